The fourth-order valence-corrected chi connectivity index (χ4v) is 7.48. The van der Waals surface area contributed by atoms with Gasteiger partial charge >= 0.3 is 0 Å². The van der Waals surface area contributed by atoms with E-state index in [0.717, 1.165) is 35.5 Å². The van der Waals surface area contributed by atoms with Crippen molar-refractivity contribution in [1.82, 2.24) is 4.57 Å². The number of allylic oxidation sites excluding steroid dienone is 1. The van der Waals surface area contributed by atoms with Gasteiger partial charge in [0.15, 0.2) is 0 Å². The molecule has 1 heterocycles. The molecule has 7 aromatic rings. The van der Waals surface area contributed by atoms with Gasteiger partial charge in [-0.15, -0.1) is 0 Å². The van der Waals surface area contributed by atoms with E-state index in [1.54, 1.807) is 0 Å². The molecule has 0 saturated carbocycles. The molecule has 0 aliphatic heterocycles. The van der Waals surface area contributed by atoms with Crippen LogP contribution in [0.1, 0.15) is 36.1 Å². The van der Waals surface area contributed by atoms with Crippen LogP contribution < -0.4 is 15.3 Å². The number of rotatable bonds is 6. The Morgan fingerprint density at radius 2 is 1.31 bits per heavy atom. The average molecular weight is 627 g/mol. The molecule has 6 aromatic carbocycles. The number of hydrogen-bond acceptors (Lipinski definition) is 1. The van der Waals surface area contributed by atoms with Gasteiger partial charge in [-0.25, -0.2) is 0 Å². The maximum atomic E-state index is 3.59. The lowest BCUT2D eigenvalue weighted by molar-refractivity contribution is 1.02. The first-order chi connectivity index (χ1) is 24.3. The van der Waals surface area contributed by atoms with Crippen molar-refractivity contribution in [1.29, 1.82) is 0 Å². The number of para-hydroxylation sites is 3. The molecule has 232 valence electrons. The molecular weight excluding hydrogens is 593 g/mol. The van der Waals surface area contributed by atoms with Crippen molar-refractivity contribution >= 4 is 45.7 Å². The Kier molecular flexibility index (Phi) is 7.30. The van der Waals surface area contributed by atoms with E-state index >= 15 is 0 Å². The lowest BCUT2D eigenvalue weighted by Gasteiger charge is -2.31. The monoisotopic (exact) mass is 626 g/mol. The van der Waals surface area contributed by atoms with Crippen LogP contribution in [-0.4, -0.2) is 4.57 Å². The topological polar surface area (TPSA) is 8.17 Å². The van der Waals surface area contributed by atoms with Crippen LogP contribution in [-0.2, 0) is 0 Å². The lowest BCUT2D eigenvalue weighted by Crippen LogP contribution is -2.35. The zero-order chi connectivity index (χ0) is 32.6. The molecule has 2 aliphatic carbocycles. The van der Waals surface area contributed by atoms with E-state index in [9.17, 15) is 0 Å². The quantitative estimate of drug-likeness (QED) is 0.167. The minimum absolute atomic E-state index is 0.662. The zero-order valence-electron chi connectivity index (χ0n) is 27.2. The summed E-state index contributed by atoms with van der Waals surface area (Å²) in [5.74, 6) is 7.16. The summed E-state index contributed by atoms with van der Waals surface area (Å²) in [6, 6.07) is 56.7. The standard InChI is InChI=1S/C47H34N2/c1-3-15-34(16-4-1)35-29-31-39(32-30-35)48(45-28-14-18-36-17-7-8-22-40(36)45)44-26-11-9-23-41(44)37-19-13-25-43-42-24-10-12-27-46(42)49(47(43)33-37)38-20-5-2-6-21-38/h1-12,15-18,20-24,26-27,29-33H,14,19,28H2. The minimum Gasteiger partial charge on any atom is -0.313 e. The number of aromatic nitrogens is 1. The van der Waals surface area contributed by atoms with E-state index in [1.807, 2.05) is 0 Å². The molecule has 0 atom stereocenters. The molecule has 49 heavy (non-hydrogen) atoms. The summed E-state index contributed by atoms with van der Waals surface area (Å²) in [5.41, 5.74) is 13.0. The third-order valence-corrected chi connectivity index (χ3v) is 9.74. The molecule has 9 rings (SSSR count). The highest BCUT2D eigenvalue weighted by molar-refractivity contribution is 5.99. The van der Waals surface area contributed by atoms with Gasteiger partial charge in [0.1, 0.15) is 0 Å². The van der Waals surface area contributed by atoms with Gasteiger partial charge in [-0.05, 0) is 77.2 Å². The highest BCUT2D eigenvalue weighted by Gasteiger charge is 2.23. The molecule has 0 amide bonds. The number of fused-ring (bicyclic) bond motifs is 4. The van der Waals surface area contributed by atoms with Gasteiger partial charge in [-0.1, -0.05) is 139 Å². The van der Waals surface area contributed by atoms with Gasteiger partial charge in [-0.3, -0.25) is 0 Å². The Morgan fingerprint density at radius 3 is 2.16 bits per heavy atom. The summed E-state index contributed by atoms with van der Waals surface area (Å²) >= 11 is 0. The minimum atomic E-state index is 0.662. The molecule has 1 aromatic heterocycles. The van der Waals surface area contributed by atoms with Gasteiger partial charge in [0.05, 0.1) is 22.5 Å². The Labute approximate surface area is 287 Å². The molecule has 2 heteroatoms. The summed E-state index contributed by atoms with van der Waals surface area (Å²) in [7, 11) is 0. The van der Waals surface area contributed by atoms with Crippen LogP contribution in [0.25, 0.3) is 51.1 Å². The van der Waals surface area contributed by atoms with Crippen molar-refractivity contribution in [2.24, 2.45) is 0 Å². The molecule has 0 radical (unpaired) electrons. The van der Waals surface area contributed by atoms with Gasteiger partial charge in [0.25, 0.3) is 0 Å². The molecule has 2 nitrogen and oxygen atoms in total. The van der Waals surface area contributed by atoms with Crippen molar-refractivity contribution in [2.75, 3.05) is 4.90 Å². The number of anilines is 2. The fourth-order valence-electron chi connectivity index (χ4n) is 7.48. The predicted molar refractivity (Wildman–Crippen MR) is 206 cm³/mol. The molecule has 0 spiro atoms. The van der Waals surface area contributed by atoms with Gasteiger partial charge in [-0.2, -0.15) is 0 Å². The Bertz CT molecular complexity index is 2560. The zero-order valence-corrected chi connectivity index (χ0v) is 27.2. The predicted octanol–water partition coefficient (Wildman–Crippen LogP) is 10.1. The van der Waals surface area contributed by atoms with Crippen molar-refractivity contribution in [3.05, 3.63) is 185 Å². The maximum absolute atomic E-state index is 3.59. The Balaban J connectivity index is 1.26. The van der Waals surface area contributed by atoms with Crippen molar-refractivity contribution in [2.45, 2.75) is 19.3 Å². The van der Waals surface area contributed by atoms with E-state index < -0.39 is 0 Å². The van der Waals surface area contributed by atoms with Gasteiger partial charge in [0, 0.05) is 39.7 Å². The van der Waals surface area contributed by atoms with Crippen LogP contribution in [0.2, 0.25) is 0 Å². The molecule has 0 unspecified atom stereocenters. The van der Waals surface area contributed by atoms with E-state index in [1.165, 1.54) is 55.0 Å². The number of benzene rings is 6. The summed E-state index contributed by atoms with van der Waals surface area (Å²) in [6.45, 7) is 0. The Hall–Kier alpha value is -6.30. The molecule has 0 fully saturated rings. The number of nitrogens with zero attached hydrogens (tertiary/aromatic N) is 2. The van der Waals surface area contributed by atoms with Crippen LogP contribution in [0, 0.1) is 11.8 Å². The normalized spacial score (nSPS) is 13.3. The summed E-state index contributed by atoms with van der Waals surface area (Å²) in [6.07, 6.45) is 7.36. The van der Waals surface area contributed by atoms with Crippen molar-refractivity contribution in [3.8, 4) is 28.7 Å². The Morgan fingerprint density at radius 1 is 0.612 bits per heavy atom. The van der Waals surface area contributed by atoms with E-state index in [0.29, 0.717) is 6.42 Å². The second kappa shape index (κ2) is 12.4. The van der Waals surface area contributed by atoms with Crippen molar-refractivity contribution < 1.29 is 0 Å². The highest BCUT2D eigenvalue weighted by atomic mass is 15.2. The molecule has 0 saturated heterocycles. The van der Waals surface area contributed by atoms with Crippen LogP contribution in [0.4, 0.5) is 11.4 Å². The third kappa shape index (κ3) is 5.17. The van der Waals surface area contributed by atoms with Crippen LogP contribution in [0.3, 0.4) is 0 Å². The number of hydrogen-bond donors (Lipinski definition) is 0. The van der Waals surface area contributed by atoms with Crippen molar-refractivity contribution in [3.63, 3.8) is 0 Å². The smallest absolute Gasteiger partial charge is 0.0628 e. The third-order valence-electron chi connectivity index (χ3n) is 9.74. The SMILES string of the molecule is C1#Cc2c(n(-c3ccccc3)c3ccccc23)C=C(c2ccccc2N(C2=c3ccccc3=CCC2)c2ccc(-c3ccccc3)cc2)C1. The summed E-state index contributed by atoms with van der Waals surface area (Å²) < 4.78 is 2.37. The molecule has 0 bridgehead atoms. The summed E-state index contributed by atoms with van der Waals surface area (Å²) in [5, 5.41) is 3.77. The lowest BCUT2D eigenvalue weighted by atomic mass is 9.96. The average Bonchev–Trinajstić information content (AvgIpc) is 3.31. The highest BCUT2D eigenvalue weighted by Crippen LogP contribution is 2.41. The second-order valence-electron chi connectivity index (χ2n) is 12.6. The first kappa shape index (κ1) is 28.9. The molecule has 0 N–H and O–H groups in total. The van der Waals surface area contributed by atoms with Gasteiger partial charge < -0.3 is 9.47 Å². The first-order valence-corrected chi connectivity index (χ1v) is 17.1. The maximum Gasteiger partial charge on any atom is 0.0628 e. The van der Waals surface area contributed by atoms with Gasteiger partial charge in [0.2, 0.25) is 0 Å². The van der Waals surface area contributed by atoms with E-state index in [-0.39, 0.29) is 0 Å². The van der Waals surface area contributed by atoms with Crippen LogP contribution >= 0.6 is 0 Å². The molecular formula is C47H34N2. The van der Waals surface area contributed by atoms with E-state index in [2.05, 4.69) is 191 Å². The second-order valence-corrected chi connectivity index (χ2v) is 12.6. The van der Waals surface area contributed by atoms with Crippen LogP contribution in [0.5, 0.6) is 0 Å². The summed E-state index contributed by atoms with van der Waals surface area (Å²) in [4.78, 5) is 2.50. The first-order valence-electron chi connectivity index (χ1n) is 17.1. The van der Waals surface area contributed by atoms with Crippen LogP contribution in [0.15, 0.2) is 158 Å². The largest absolute Gasteiger partial charge is 0.313 e. The molecule has 2 aliphatic rings. The fraction of sp³-hybridized carbons (Fsp3) is 0.0638. The van der Waals surface area contributed by atoms with E-state index in [4.69, 9.17) is 0 Å².